The van der Waals surface area contributed by atoms with Crippen molar-refractivity contribution in [1.29, 1.82) is 0 Å². The zero-order valence-corrected chi connectivity index (χ0v) is 26.0. The van der Waals surface area contributed by atoms with Crippen molar-refractivity contribution in [3.05, 3.63) is 82.4 Å². The first kappa shape index (κ1) is 31.8. The van der Waals surface area contributed by atoms with E-state index < -0.39 is 41.0 Å². The van der Waals surface area contributed by atoms with Crippen LogP contribution >= 0.6 is 0 Å². The molecule has 3 aromatic rings. The minimum absolute atomic E-state index is 0.353. The van der Waals surface area contributed by atoms with Crippen molar-refractivity contribution in [3.8, 4) is 11.5 Å². The lowest BCUT2D eigenvalue weighted by Gasteiger charge is -2.44. The van der Waals surface area contributed by atoms with Gasteiger partial charge in [0.05, 0.1) is 25.2 Å². The number of benzene rings is 3. The Morgan fingerprint density at radius 2 is 1.47 bits per heavy atom. The molecule has 0 bridgehead atoms. The van der Waals surface area contributed by atoms with E-state index in [0.717, 1.165) is 28.7 Å². The number of Topliss-reactive ketones (excluding diaryl/α,β-unsaturated/α-hetero) is 1. The van der Waals surface area contributed by atoms with Gasteiger partial charge in [-0.05, 0) is 82.0 Å². The van der Waals surface area contributed by atoms with E-state index in [1.54, 1.807) is 24.3 Å². The highest BCUT2D eigenvalue weighted by molar-refractivity contribution is 6.10. The molecule has 0 radical (unpaired) electrons. The molecule has 1 fully saturated rings. The SMILES string of the molecule is CCCOc1ccc(C2C(C(=O)Nc3ccc(C)cc3C)C(=O)CC(C)(O)C2C(=O)Nc2ccc(C)cc2C)cc1OC. The first-order chi connectivity index (χ1) is 20.4. The molecule has 4 rings (SSSR count). The van der Waals surface area contributed by atoms with E-state index in [4.69, 9.17) is 9.47 Å². The summed E-state index contributed by atoms with van der Waals surface area (Å²) < 4.78 is 11.4. The maximum atomic E-state index is 14.1. The Kier molecular flexibility index (Phi) is 9.60. The van der Waals surface area contributed by atoms with E-state index in [9.17, 15) is 19.5 Å². The first-order valence-corrected chi connectivity index (χ1v) is 14.7. The molecular weight excluding hydrogens is 544 g/mol. The van der Waals surface area contributed by atoms with Gasteiger partial charge in [-0.25, -0.2) is 0 Å². The lowest BCUT2D eigenvalue weighted by atomic mass is 9.61. The molecule has 0 spiro atoms. The van der Waals surface area contributed by atoms with Gasteiger partial charge in [0.25, 0.3) is 0 Å². The minimum Gasteiger partial charge on any atom is -0.493 e. The number of amides is 2. The van der Waals surface area contributed by atoms with Crippen LogP contribution in [0, 0.1) is 39.5 Å². The quantitative estimate of drug-likeness (QED) is 0.264. The highest BCUT2D eigenvalue weighted by atomic mass is 16.5. The van der Waals surface area contributed by atoms with E-state index in [-0.39, 0.29) is 6.42 Å². The second-order valence-electron chi connectivity index (χ2n) is 11.9. The molecule has 1 saturated carbocycles. The summed E-state index contributed by atoms with van der Waals surface area (Å²) in [5.41, 5.74) is 3.75. The van der Waals surface area contributed by atoms with Gasteiger partial charge >= 0.3 is 0 Å². The molecule has 0 heterocycles. The maximum Gasteiger partial charge on any atom is 0.235 e. The summed E-state index contributed by atoms with van der Waals surface area (Å²) in [6.45, 7) is 11.7. The van der Waals surface area contributed by atoms with Crippen molar-refractivity contribution >= 4 is 29.0 Å². The number of anilines is 2. The molecule has 3 N–H and O–H groups in total. The number of nitrogens with one attached hydrogen (secondary N) is 2. The van der Waals surface area contributed by atoms with Gasteiger partial charge in [-0.15, -0.1) is 0 Å². The highest BCUT2D eigenvalue weighted by Crippen LogP contribution is 2.48. The van der Waals surface area contributed by atoms with Gasteiger partial charge in [0, 0.05) is 23.7 Å². The van der Waals surface area contributed by atoms with Gasteiger partial charge in [-0.1, -0.05) is 48.4 Å². The van der Waals surface area contributed by atoms with E-state index in [1.807, 2.05) is 65.0 Å². The topological polar surface area (TPSA) is 114 Å². The number of carbonyl (C=O) groups excluding carboxylic acids is 3. The number of carbonyl (C=O) groups is 3. The van der Waals surface area contributed by atoms with Crippen LogP contribution in [0.3, 0.4) is 0 Å². The summed E-state index contributed by atoms with van der Waals surface area (Å²) in [7, 11) is 1.51. The first-order valence-electron chi connectivity index (χ1n) is 14.7. The summed E-state index contributed by atoms with van der Waals surface area (Å²) in [4.78, 5) is 41.8. The van der Waals surface area contributed by atoms with Crippen molar-refractivity contribution < 1.29 is 29.0 Å². The zero-order chi connectivity index (χ0) is 31.5. The Balaban J connectivity index is 1.83. The number of ketones is 1. The fraction of sp³-hybridized carbons (Fsp3) is 0.400. The molecule has 8 heteroatoms. The van der Waals surface area contributed by atoms with Crippen LogP contribution in [0.25, 0.3) is 0 Å². The van der Waals surface area contributed by atoms with Gasteiger partial charge in [0.2, 0.25) is 11.8 Å². The number of ether oxygens (including phenoxy) is 2. The predicted molar refractivity (Wildman–Crippen MR) is 168 cm³/mol. The third kappa shape index (κ3) is 6.91. The summed E-state index contributed by atoms with van der Waals surface area (Å²) in [6, 6.07) is 16.4. The number of hydrogen-bond donors (Lipinski definition) is 3. The largest absolute Gasteiger partial charge is 0.493 e. The molecular formula is C35H42N2O6. The second-order valence-corrected chi connectivity index (χ2v) is 11.9. The lowest BCUT2D eigenvalue weighted by Crippen LogP contribution is -2.56. The molecule has 43 heavy (non-hydrogen) atoms. The maximum absolute atomic E-state index is 14.1. The van der Waals surface area contributed by atoms with Gasteiger partial charge < -0.3 is 25.2 Å². The van der Waals surface area contributed by atoms with Crippen molar-refractivity contribution in [1.82, 2.24) is 0 Å². The van der Waals surface area contributed by atoms with Crippen molar-refractivity contribution in [2.24, 2.45) is 11.8 Å². The molecule has 4 unspecified atom stereocenters. The minimum atomic E-state index is -1.73. The van der Waals surface area contributed by atoms with E-state index >= 15 is 0 Å². The van der Waals surface area contributed by atoms with Crippen molar-refractivity contribution in [3.63, 3.8) is 0 Å². The number of methoxy groups -OCH3 is 1. The van der Waals surface area contributed by atoms with Crippen molar-refractivity contribution in [2.75, 3.05) is 24.4 Å². The summed E-state index contributed by atoms with van der Waals surface area (Å²) >= 11 is 0. The second kappa shape index (κ2) is 13.0. The van der Waals surface area contributed by atoms with Crippen molar-refractivity contribution in [2.45, 2.75) is 65.9 Å². The van der Waals surface area contributed by atoms with Crippen LogP contribution in [0.4, 0.5) is 11.4 Å². The Hall–Kier alpha value is -4.17. The molecule has 0 aromatic heterocycles. The van der Waals surface area contributed by atoms with Gasteiger partial charge in [-0.3, -0.25) is 14.4 Å². The third-order valence-electron chi connectivity index (χ3n) is 8.15. The molecule has 4 atom stereocenters. The fourth-order valence-electron chi connectivity index (χ4n) is 6.04. The molecule has 228 valence electrons. The molecule has 2 amide bonds. The summed E-state index contributed by atoms with van der Waals surface area (Å²) in [5, 5.41) is 17.6. The average molecular weight is 587 g/mol. The van der Waals surface area contributed by atoms with Crippen LogP contribution in [-0.2, 0) is 14.4 Å². The van der Waals surface area contributed by atoms with E-state index in [0.29, 0.717) is 35.0 Å². The van der Waals surface area contributed by atoms with Crippen LogP contribution in [0.1, 0.15) is 60.4 Å². The highest BCUT2D eigenvalue weighted by Gasteiger charge is 2.56. The number of aryl methyl sites for hydroxylation is 4. The van der Waals surface area contributed by atoms with E-state index in [2.05, 4.69) is 10.6 Å². The normalized spacial score (nSPS) is 21.7. The van der Waals surface area contributed by atoms with Crippen LogP contribution < -0.4 is 20.1 Å². The monoisotopic (exact) mass is 586 g/mol. The Morgan fingerprint density at radius 1 is 0.884 bits per heavy atom. The van der Waals surface area contributed by atoms with Crippen LogP contribution in [-0.4, -0.2) is 42.0 Å². The van der Waals surface area contributed by atoms with Crippen LogP contribution in [0.15, 0.2) is 54.6 Å². The van der Waals surface area contributed by atoms with Gasteiger partial charge in [0.15, 0.2) is 11.5 Å². The predicted octanol–water partition coefficient (Wildman–Crippen LogP) is 6.03. The van der Waals surface area contributed by atoms with Gasteiger partial charge in [-0.2, -0.15) is 0 Å². The number of hydrogen-bond acceptors (Lipinski definition) is 6. The number of rotatable bonds is 9. The molecule has 3 aromatic carbocycles. The Bertz CT molecular complexity index is 1530. The summed E-state index contributed by atoms with van der Waals surface area (Å²) in [5.74, 6) is -3.94. The molecule has 8 nitrogen and oxygen atoms in total. The van der Waals surface area contributed by atoms with Crippen LogP contribution in [0.5, 0.6) is 11.5 Å². The van der Waals surface area contributed by atoms with Crippen LogP contribution in [0.2, 0.25) is 0 Å². The Labute approximate surface area is 253 Å². The molecule has 0 saturated heterocycles. The third-order valence-corrected chi connectivity index (χ3v) is 8.15. The smallest absolute Gasteiger partial charge is 0.235 e. The summed E-state index contributed by atoms with van der Waals surface area (Å²) in [6.07, 6.45) is 0.445. The van der Waals surface area contributed by atoms with Gasteiger partial charge in [0.1, 0.15) is 11.7 Å². The molecule has 1 aliphatic rings. The molecule has 0 aliphatic heterocycles. The lowest BCUT2D eigenvalue weighted by molar-refractivity contribution is -0.150. The standard InChI is InChI=1S/C35H42N2O6/c1-8-15-43-28-14-11-24(18-29(28)42-7)30-31(33(39)36-25-12-9-20(2)16-22(25)4)27(38)19-35(6,41)32(30)34(40)37-26-13-10-21(3)17-23(26)5/h9-14,16-18,30-32,41H,8,15,19H2,1-7H3,(H,36,39)(H,37,40). The fourth-order valence-corrected chi connectivity index (χ4v) is 6.04. The molecule has 1 aliphatic carbocycles. The zero-order valence-electron chi connectivity index (χ0n) is 26.0. The number of aliphatic hydroxyl groups is 1. The Morgan fingerprint density at radius 3 is 2.00 bits per heavy atom. The average Bonchev–Trinajstić information content (AvgIpc) is 2.93. The van der Waals surface area contributed by atoms with E-state index in [1.165, 1.54) is 14.0 Å².